The number of anilines is 3. The van der Waals surface area contributed by atoms with E-state index in [1.54, 1.807) is 12.1 Å². The number of rotatable bonds is 6. The summed E-state index contributed by atoms with van der Waals surface area (Å²) in [6, 6.07) is 12.5. The molecule has 2 amide bonds. The van der Waals surface area contributed by atoms with Gasteiger partial charge in [0.1, 0.15) is 17.8 Å². The summed E-state index contributed by atoms with van der Waals surface area (Å²) in [6.45, 7) is 1.92. The molecule has 0 spiro atoms. The highest BCUT2D eigenvalue weighted by Gasteiger charge is 2.13. The maximum Gasteiger partial charge on any atom is 0.272 e. The van der Waals surface area contributed by atoms with Gasteiger partial charge in [-0.3, -0.25) is 31.3 Å². The smallest absolute Gasteiger partial charge is 0.272 e. The van der Waals surface area contributed by atoms with Crippen LogP contribution >= 0.6 is 0 Å². The highest BCUT2D eigenvalue weighted by atomic mass is 19.1. The number of aromatic nitrogens is 2. The minimum absolute atomic E-state index is 0.0329. The summed E-state index contributed by atoms with van der Waals surface area (Å²) >= 11 is 0. The van der Waals surface area contributed by atoms with Gasteiger partial charge in [0, 0.05) is 5.56 Å². The van der Waals surface area contributed by atoms with Crippen LogP contribution in [0.5, 0.6) is 0 Å². The van der Waals surface area contributed by atoms with Gasteiger partial charge in [-0.05, 0) is 31.2 Å². The van der Waals surface area contributed by atoms with E-state index in [1.165, 1.54) is 30.6 Å². The van der Waals surface area contributed by atoms with Crippen molar-refractivity contribution in [1.82, 2.24) is 20.8 Å². The quantitative estimate of drug-likeness (QED) is 0.403. The topological polar surface area (TPSA) is 134 Å². The SMILES string of the molecule is Cc1ccc(C(=O)NNc2ncnc(NNC(=O)c3ccccc3F)c2N)cc1. The first-order valence-electron chi connectivity index (χ1n) is 8.50. The molecular formula is C19H18FN7O2. The number of nitrogen functional groups attached to an aromatic ring is 1. The van der Waals surface area contributed by atoms with Gasteiger partial charge in [-0.25, -0.2) is 14.4 Å². The predicted octanol–water partition coefficient (Wildman–Crippen LogP) is 2.02. The van der Waals surface area contributed by atoms with E-state index in [2.05, 4.69) is 31.7 Å². The molecule has 0 aliphatic heterocycles. The summed E-state index contributed by atoms with van der Waals surface area (Å²) in [4.78, 5) is 32.1. The average molecular weight is 395 g/mol. The number of halogens is 1. The number of amides is 2. The molecule has 0 bridgehead atoms. The van der Waals surface area contributed by atoms with Crippen molar-refractivity contribution in [1.29, 1.82) is 0 Å². The van der Waals surface area contributed by atoms with Crippen LogP contribution < -0.4 is 27.4 Å². The number of benzene rings is 2. The van der Waals surface area contributed by atoms with E-state index in [9.17, 15) is 14.0 Å². The largest absolute Gasteiger partial charge is 0.393 e. The third-order valence-corrected chi connectivity index (χ3v) is 3.91. The Bertz CT molecular complexity index is 1040. The first-order valence-corrected chi connectivity index (χ1v) is 8.50. The van der Waals surface area contributed by atoms with Crippen molar-refractivity contribution >= 4 is 29.1 Å². The Kier molecular flexibility index (Phi) is 5.83. The minimum Gasteiger partial charge on any atom is -0.393 e. The highest BCUT2D eigenvalue weighted by Crippen LogP contribution is 2.21. The first kappa shape index (κ1) is 19.5. The van der Waals surface area contributed by atoms with Crippen LogP contribution in [0.15, 0.2) is 54.9 Å². The molecule has 9 nitrogen and oxygen atoms in total. The van der Waals surface area contributed by atoms with E-state index >= 15 is 0 Å². The molecule has 148 valence electrons. The van der Waals surface area contributed by atoms with Gasteiger partial charge < -0.3 is 5.73 Å². The van der Waals surface area contributed by atoms with Crippen molar-refractivity contribution in [3.8, 4) is 0 Å². The van der Waals surface area contributed by atoms with Gasteiger partial charge in [0.25, 0.3) is 11.8 Å². The van der Waals surface area contributed by atoms with Crippen LogP contribution in [0.2, 0.25) is 0 Å². The Morgan fingerprint density at radius 1 is 0.897 bits per heavy atom. The van der Waals surface area contributed by atoms with Gasteiger partial charge in [0.2, 0.25) is 0 Å². The summed E-state index contributed by atoms with van der Waals surface area (Å²) in [5.41, 5.74) is 17.2. The van der Waals surface area contributed by atoms with E-state index in [1.807, 2.05) is 19.1 Å². The lowest BCUT2D eigenvalue weighted by molar-refractivity contribution is 0.0952. The molecule has 0 atom stereocenters. The lowest BCUT2D eigenvalue weighted by atomic mass is 10.1. The van der Waals surface area contributed by atoms with E-state index in [4.69, 9.17) is 5.73 Å². The van der Waals surface area contributed by atoms with Crippen molar-refractivity contribution in [2.75, 3.05) is 16.6 Å². The monoisotopic (exact) mass is 395 g/mol. The maximum absolute atomic E-state index is 13.7. The molecule has 0 saturated heterocycles. The fourth-order valence-electron chi connectivity index (χ4n) is 2.32. The van der Waals surface area contributed by atoms with Crippen LogP contribution in [-0.4, -0.2) is 21.8 Å². The van der Waals surface area contributed by atoms with Gasteiger partial charge in [0.15, 0.2) is 11.6 Å². The number of carbonyl (C=O) groups excluding carboxylic acids is 2. The fraction of sp³-hybridized carbons (Fsp3) is 0.0526. The first-order chi connectivity index (χ1) is 14.0. The van der Waals surface area contributed by atoms with Crippen LogP contribution in [0.3, 0.4) is 0 Å². The Labute approximate surface area is 165 Å². The van der Waals surface area contributed by atoms with Crippen LogP contribution in [0, 0.1) is 12.7 Å². The lowest BCUT2D eigenvalue weighted by Crippen LogP contribution is -2.32. The average Bonchev–Trinajstić information content (AvgIpc) is 2.72. The van der Waals surface area contributed by atoms with Crippen molar-refractivity contribution < 1.29 is 14.0 Å². The summed E-state index contributed by atoms with van der Waals surface area (Å²) in [6.07, 6.45) is 1.17. The fourth-order valence-corrected chi connectivity index (χ4v) is 2.32. The number of hydrogen-bond acceptors (Lipinski definition) is 7. The molecule has 0 aliphatic rings. The number of nitrogens with zero attached hydrogens (tertiary/aromatic N) is 2. The standard InChI is InChI=1S/C19H18FN7O2/c1-11-6-8-12(9-7-11)18(28)26-24-16-15(21)17(23-10-22-16)25-27-19(29)13-4-2-3-5-14(13)20/h2-10H,21H2,1H3,(H,26,28)(H,27,29)(H2,22,23,24,25). The molecule has 29 heavy (non-hydrogen) atoms. The molecule has 10 heteroatoms. The van der Waals surface area contributed by atoms with Crippen LogP contribution in [0.25, 0.3) is 0 Å². The molecule has 1 aromatic heterocycles. The molecule has 3 aromatic rings. The maximum atomic E-state index is 13.7. The van der Waals surface area contributed by atoms with Crippen LogP contribution in [0.1, 0.15) is 26.3 Å². The zero-order chi connectivity index (χ0) is 20.8. The molecule has 1 heterocycles. The molecule has 0 aliphatic carbocycles. The van der Waals surface area contributed by atoms with Crippen molar-refractivity contribution in [2.24, 2.45) is 0 Å². The number of carbonyl (C=O) groups is 2. The summed E-state index contributed by atoms with van der Waals surface area (Å²) in [5, 5.41) is 0. The molecule has 0 fully saturated rings. The van der Waals surface area contributed by atoms with Crippen LogP contribution in [-0.2, 0) is 0 Å². The number of hydrogen-bond donors (Lipinski definition) is 5. The zero-order valence-electron chi connectivity index (χ0n) is 15.4. The van der Waals surface area contributed by atoms with Crippen molar-refractivity contribution in [3.63, 3.8) is 0 Å². The van der Waals surface area contributed by atoms with Crippen molar-refractivity contribution in [3.05, 3.63) is 77.4 Å². The summed E-state index contributed by atoms with van der Waals surface area (Å²) in [5.74, 6) is -1.57. The summed E-state index contributed by atoms with van der Waals surface area (Å²) in [7, 11) is 0. The van der Waals surface area contributed by atoms with Crippen LogP contribution in [0.4, 0.5) is 21.7 Å². The third kappa shape index (κ3) is 4.75. The second-order valence-electron chi connectivity index (χ2n) is 5.99. The van der Waals surface area contributed by atoms with E-state index in [-0.39, 0.29) is 28.8 Å². The van der Waals surface area contributed by atoms with E-state index in [0.29, 0.717) is 5.56 Å². The number of nitrogens with two attached hydrogens (primary N) is 1. The second kappa shape index (κ2) is 8.65. The minimum atomic E-state index is -0.705. The second-order valence-corrected chi connectivity index (χ2v) is 5.99. The Morgan fingerprint density at radius 2 is 1.48 bits per heavy atom. The van der Waals surface area contributed by atoms with Gasteiger partial charge in [-0.15, -0.1) is 0 Å². The normalized spacial score (nSPS) is 10.1. The molecule has 2 aromatic carbocycles. The Hall–Kier alpha value is -4.21. The molecule has 0 radical (unpaired) electrons. The van der Waals surface area contributed by atoms with Gasteiger partial charge >= 0.3 is 0 Å². The Morgan fingerprint density at radius 3 is 2.10 bits per heavy atom. The molecule has 6 N–H and O–H groups in total. The number of nitrogens with one attached hydrogen (secondary N) is 4. The molecule has 3 rings (SSSR count). The number of hydrazine groups is 2. The molecular weight excluding hydrogens is 377 g/mol. The van der Waals surface area contributed by atoms with Crippen molar-refractivity contribution in [2.45, 2.75) is 6.92 Å². The van der Waals surface area contributed by atoms with Gasteiger partial charge in [-0.2, -0.15) is 0 Å². The third-order valence-electron chi connectivity index (χ3n) is 3.91. The Balaban J connectivity index is 1.63. The lowest BCUT2D eigenvalue weighted by Gasteiger charge is -2.14. The predicted molar refractivity (Wildman–Crippen MR) is 106 cm³/mol. The van der Waals surface area contributed by atoms with E-state index in [0.717, 1.165) is 5.56 Å². The van der Waals surface area contributed by atoms with Gasteiger partial charge in [0.05, 0.1) is 5.56 Å². The molecule has 0 saturated carbocycles. The van der Waals surface area contributed by atoms with E-state index < -0.39 is 11.7 Å². The van der Waals surface area contributed by atoms with Gasteiger partial charge in [-0.1, -0.05) is 29.8 Å². The number of aryl methyl sites for hydroxylation is 1. The highest BCUT2D eigenvalue weighted by molar-refractivity contribution is 5.96. The molecule has 0 unspecified atom stereocenters. The summed E-state index contributed by atoms with van der Waals surface area (Å²) < 4.78 is 13.7. The zero-order valence-corrected chi connectivity index (χ0v) is 15.4.